The molecule has 2 aromatic rings. The first-order valence-corrected chi connectivity index (χ1v) is 10.8. The third kappa shape index (κ3) is 8.61. The lowest BCUT2D eigenvalue weighted by molar-refractivity contribution is -0.117. The van der Waals surface area contributed by atoms with Crippen LogP contribution < -0.4 is 16.4 Å². The van der Waals surface area contributed by atoms with Gasteiger partial charge < -0.3 is 25.3 Å². The standard InChI is InChI=1S/C21H28N4O6S/c1-13-4-5-16(19(27)25-21-23-14(2)15(3)32-21)17(12-13)24-18(26)6-7-29-8-9-30-10-11-31-20(22)28/h4-5,12H,6-11H2,1-3H3,(H2,22,28)(H,24,26)(H,23,25,27). The summed E-state index contributed by atoms with van der Waals surface area (Å²) in [5, 5.41) is 6.07. The fourth-order valence-electron chi connectivity index (χ4n) is 2.55. The van der Waals surface area contributed by atoms with Crippen molar-refractivity contribution < 1.29 is 28.6 Å². The number of ether oxygens (including phenoxy) is 3. The predicted octanol–water partition coefficient (Wildman–Crippen LogP) is 2.78. The summed E-state index contributed by atoms with van der Waals surface area (Å²) in [7, 11) is 0. The number of rotatable bonds is 12. The Bertz CT molecular complexity index is 927. The van der Waals surface area contributed by atoms with Crippen molar-refractivity contribution in [3.63, 3.8) is 0 Å². The molecule has 0 unspecified atom stereocenters. The number of hydrogen-bond donors (Lipinski definition) is 3. The van der Waals surface area contributed by atoms with Gasteiger partial charge in [0.2, 0.25) is 5.91 Å². The number of primary amides is 1. The number of hydrogen-bond acceptors (Lipinski definition) is 8. The third-order valence-corrected chi connectivity index (χ3v) is 5.25. The molecule has 3 amide bonds. The number of aromatic nitrogens is 1. The number of nitrogens with one attached hydrogen (secondary N) is 2. The SMILES string of the molecule is Cc1ccc(C(=O)Nc2nc(C)c(C)s2)c(NC(=O)CCOCCOCCOC(N)=O)c1. The van der Waals surface area contributed by atoms with E-state index in [1.54, 1.807) is 18.2 Å². The summed E-state index contributed by atoms with van der Waals surface area (Å²) in [5.41, 5.74) is 7.38. The number of nitrogens with zero attached hydrogens (tertiary/aromatic N) is 1. The van der Waals surface area contributed by atoms with Crippen molar-refractivity contribution in [2.45, 2.75) is 27.2 Å². The summed E-state index contributed by atoms with van der Waals surface area (Å²) >= 11 is 1.40. The first-order valence-electron chi connectivity index (χ1n) is 10.00. The lowest BCUT2D eigenvalue weighted by Gasteiger charge is -2.12. The van der Waals surface area contributed by atoms with Crippen LogP contribution in [0.25, 0.3) is 0 Å². The Morgan fingerprint density at radius 1 is 1.00 bits per heavy atom. The van der Waals surface area contributed by atoms with Gasteiger partial charge in [-0.1, -0.05) is 6.07 Å². The maximum atomic E-state index is 12.7. The first kappa shape index (κ1) is 25.2. The van der Waals surface area contributed by atoms with Gasteiger partial charge in [0, 0.05) is 4.88 Å². The molecule has 0 fully saturated rings. The van der Waals surface area contributed by atoms with Crippen LogP contribution >= 0.6 is 11.3 Å². The van der Waals surface area contributed by atoms with Gasteiger partial charge in [-0.15, -0.1) is 11.3 Å². The molecule has 0 aliphatic carbocycles. The molecule has 11 heteroatoms. The van der Waals surface area contributed by atoms with Crippen LogP contribution in [-0.2, 0) is 19.0 Å². The van der Waals surface area contributed by atoms with Gasteiger partial charge >= 0.3 is 6.09 Å². The molecule has 0 saturated heterocycles. The molecule has 0 spiro atoms. The van der Waals surface area contributed by atoms with Crippen LogP contribution in [0.4, 0.5) is 15.6 Å². The molecule has 1 aromatic carbocycles. The van der Waals surface area contributed by atoms with Gasteiger partial charge in [0.15, 0.2) is 5.13 Å². The van der Waals surface area contributed by atoms with Crippen molar-refractivity contribution in [1.82, 2.24) is 4.98 Å². The number of benzene rings is 1. The number of carbonyl (C=O) groups is 3. The minimum Gasteiger partial charge on any atom is -0.447 e. The highest BCUT2D eigenvalue weighted by Gasteiger charge is 2.16. The highest BCUT2D eigenvalue weighted by molar-refractivity contribution is 7.15. The van der Waals surface area contributed by atoms with Crippen molar-refractivity contribution in [2.75, 3.05) is 43.7 Å². The van der Waals surface area contributed by atoms with E-state index in [0.717, 1.165) is 16.1 Å². The Labute approximate surface area is 190 Å². The number of anilines is 2. The predicted molar refractivity (Wildman–Crippen MR) is 121 cm³/mol. The van der Waals surface area contributed by atoms with E-state index in [1.165, 1.54) is 11.3 Å². The molecule has 10 nitrogen and oxygen atoms in total. The van der Waals surface area contributed by atoms with E-state index in [0.29, 0.717) is 23.0 Å². The Morgan fingerprint density at radius 3 is 2.34 bits per heavy atom. The van der Waals surface area contributed by atoms with E-state index in [9.17, 15) is 14.4 Å². The van der Waals surface area contributed by atoms with Crippen molar-refractivity contribution >= 4 is 40.1 Å². The summed E-state index contributed by atoms with van der Waals surface area (Å²) in [6, 6.07) is 5.22. The number of thiazole rings is 1. The van der Waals surface area contributed by atoms with Gasteiger partial charge in [0.05, 0.1) is 49.8 Å². The summed E-state index contributed by atoms with van der Waals surface area (Å²) in [5.74, 6) is -0.621. The van der Waals surface area contributed by atoms with E-state index in [1.807, 2.05) is 20.8 Å². The fraction of sp³-hybridized carbons (Fsp3) is 0.429. The van der Waals surface area contributed by atoms with Crippen LogP contribution in [0, 0.1) is 20.8 Å². The summed E-state index contributed by atoms with van der Waals surface area (Å²) in [6.07, 6.45) is -0.733. The average molecular weight is 465 g/mol. The van der Waals surface area contributed by atoms with Gasteiger partial charge in [-0.05, 0) is 38.5 Å². The molecule has 0 bridgehead atoms. The maximum absolute atomic E-state index is 12.7. The second kappa shape index (κ2) is 12.7. The first-order chi connectivity index (χ1) is 15.3. The van der Waals surface area contributed by atoms with Gasteiger partial charge in [-0.3, -0.25) is 14.9 Å². The molecule has 0 radical (unpaired) electrons. The quantitative estimate of drug-likeness (QED) is 0.410. The molecule has 2 rings (SSSR count). The molecule has 4 N–H and O–H groups in total. The molecule has 0 aliphatic heterocycles. The molecular weight excluding hydrogens is 436 g/mol. The molecular formula is C21H28N4O6S. The Hall–Kier alpha value is -3.02. The smallest absolute Gasteiger partial charge is 0.404 e. The van der Waals surface area contributed by atoms with Crippen molar-refractivity contribution in [3.8, 4) is 0 Å². The molecule has 0 aliphatic rings. The van der Waals surface area contributed by atoms with Gasteiger partial charge in [-0.2, -0.15) is 0 Å². The number of carbonyl (C=O) groups excluding carboxylic acids is 3. The van der Waals surface area contributed by atoms with Crippen LogP contribution in [-0.4, -0.2) is 55.9 Å². The van der Waals surface area contributed by atoms with Gasteiger partial charge in [0.1, 0.15) is 6.61 Å². The van der Waals surface area contributed by atoms with Crippen molar-refractivity contribution in [1.29, 1.82) is 0 Å². The minimum absolute atomic E-state index is 0.0753. The topological polar surface area (TPSA) is 142 Å². The second-order valence-electron chi connectivity index (χ2n) is 6.85. The van der Waals surface area contributed by atoms with Crippen LogP contribution in [0.5, 0.6) is 0 Å². The molecule has 32 heavy (non-hydrogen) atoms. The summed E-state index contributed by atoms with van der Waals surface area (Å²) < 4.78 is 15.1. The lowest BCUT2D eigenvalue weighted by Crippen LogP contribution is -2.20. The molecule has 0 atom stereocenters. The highest BCUT2D eigenvalue weighted by Crippen LogP contribution is 2.24. The molecule has 0 saturated carbocycles. The number of amides is 3. The Kier molecular flexibility index (Phi) is 10.1. The lowest BCUT2D eigenvalue weighted by atomic mass is 10.1. The number of aryl methyl sites for hydroxylation is 3. The maximum Gasteiger partial charge on any atom is 0.404 e. The van der Waals surface area contributed by atoms with Crippen LogP contribution in [0.2, 0.25) is 0 Å². The normalized spacial score (nSPS) is 10.6. The minimum atomic E-state index is -0.849. The van der Waals surface area contributed by atoms with E-state index in [4.69, 9.17) is 15.2 Å². The van der Waals surface area contributed by atoms with Gasteiger partial charge in [-0.25, -0.2) is 9.78 Å². The molecule has 1 aromatic heterocycles. The molecule has 1 heterocycles. The zero-order chi connectivity index (χ0) is 23.5. The van der Waals surface area contributed by atoms with Crippen LogP contribution in [0.15, 0.2) is 18.2 Å². The van der Waals surface area contributed by atoms with Crippen molar-refractivity contribution in [3.05, 3.63) is 39.9 Å². The Balaban J connectivity index is 1.79. The van der Waals surface area contributed by atoms with E-state index in [-0.39, 0.29) is 44.7 Å². The average Bonchev–Trinajstić information content (AvgIpc) is 3.03. The zero-order valence-corrected chi connectivity index (χ0v) is 19.2. The van der Waals surface area contributed by atoms with E-state index >= 15 is 0 Å². The number of nitrogens with two attached hydrogens (primary N) is 1. The largest absolute Gasteiger partial charge is 0.447 e. The summed E-state index contributed by atoms with van der Waals surface area (Å²) in [4.78, 5) is 40.8. The van der Waals surface area contributed by atoms with E-state index in [2.05, 4.69) is 20.4 Å². The highest BCUT2D eigenvalue weighted by atomic mass is 32.1. The van der Waals surface area contributed by atoms with Crippen LogP contribution in [0.3, 0.4) is 0 Å². The van der Waals surface area contributed by atoms with Crippen molar-refractivity contribution in [2.24, 2.45) is 5.73 Å². The summed E-state index contributed by atoms with van der Waals surface area (Å²) in [6.45, 7) is 6.76. The fourth-order valence-corrected chi connectivity index (χ4v) is 3.36. The Morgan fingerprint density at radius 2 is 1.69 bits per heavy atom. The molecule has 174 valence electrons. The van der Waals surface area contributed by atoms with Crippen LogP contribution in [0.1, 0.15) is 32.9 Å². The zero-order valence-electron chi connectivity index (χ0n) is 18.4. The monoisotopic (exact) mass is 464 g/mol. The second-order valence-corrected chi connectivity index (χ2v) is 8.06. The third-order valence-electron chi connectivity index (χ3n) is 4.26. The van der Waals surface area contributed by atoms with Gasteiger partial charge in [0.25, 0.3) is 5.91 Å². The van der Waals surface area contributed by atoms with E-state index < -0.39 is 6.09 Å².